The fourth-order valence-corrected chi connectivity index (χ4v) is 3.11. The smallest absolute Gasteiger partial charge is 0.269 e. The van der Waals surface area contributed by atoms with E-state index >= 15 is 0 Å². The standard InChI is InChI=1S/C17H25N5O2S/c1-13(2)12-21-16(19-20-17(21)25-3)8-5-9-18-11-14-6-4-7-15(10-14)22(23)24/h4,6-7,10,13,18H,5,8-9,11-12H2,1-3H3. The normalized spacial score (nSPS) is 11.2. The molecule has 0 unspecified atom stereocenters. The van der Waals surface area contributed by atoms with Gasteiger partial charge in [-0.05, 0) is 30.7 Å². The topological polar surface area (TPSA) is 85.9 Å². The minimum absolute atomic E-state index is 0.130. The minimum atomic E-state index is -0.367. The zero-order valence-electron chi connectivity index (χ0n) is 14.9. The van der Waals surface area contributed by atoms with Crippen LogP contribution in [0, 0.1) is 16.0 Å². The summed E-state index contributed by atoms with van der Waals surface area (Å²) in [5.41, 5.74) is 1.05. The number of hydrogen-bond acceptors (Lipinski definition) is 6. The Morgan fingerprint density at radius 3 is 2.84 bits per heavy atom. The lowest BCUT2D eigenvalue weighted by Gasteiger charge is -2.11. The molecule has 0 saturated carbocycles. The molecule has 0 aliphatic heterocycles. The largest absolute Gasteiger partial charge is 0.313 e. The number of aryl methyl sites for hydroxylation is 1. The molecule has 1 aromatic heterocycles. The molecule has 8 heteroatoms. The van der Waals surface area contributed by atoms with Crippen molar-refractivity contribution in [3.05, 3.63) is 45.8 Å². The van der Waals surface area contributed by atoms with Gasteiger partial charge in [0.25, 0.3) is 5.69 Å². The monoisotopic (exact) mass is 363 g/mol. The van der Waals surface area contributed by atoms with Gasteiger partial charge in [-0.15, -0.1) is 10.2 Å². The van der Waals surface area contributed by atoms with Gasteiger partial charge in [-0.2, -0.15) is 0 Å². The molecular weight excluding hydrogens is 338 g/mol. The number of thioether (sulfide) groups is 1. The van der Waals surface area contributed by atoms with Gasteiger partial charge in [0.2, 0.25) is 0 Å². The van der Waals surface area contributed by atoms with Crippen LogP contribution in [0.2, 0.25) is 0 Å². The lowest BCUT2D eigenvalue weighted by atomic mass is 10.2. The maximum atomic E-state index is 10.8. The fraction of sp³-hybridized carbons (Fsp3) is 0.529. The lowest BCUT2D eigenvalue weighted by Crippen LogP contribution is -2.17. The third-order valence-electron chi connectivity index (χ3n) is 3.73. The second-order valence-corrected chi connectivity index (χ2v) is 7.09. The van der Waals surface area contributed by atoms with Crippen molar-refractivity contribution in [1.29, 1.82) is 0 Å². The Morgan fingerprint density at radius 2 is 2.16 bits per heavy atom. The molecular formula is C17H25N5O2S. The fourth-order valence-electron chi connectivity index (χ4n) is 2.59. The first-order chi connectivity index (χ1) is 12.0. The molecule has 0 fully saturated rings. The molecule has 1 aromatic carbocycles. The van der Waals surface area contributed by atoms with E-state index in [-0.39, 0.29) is 10.6 Å². The highest BCUT2D eigenvalue weighted by Crippen LogP contribution is 2.17. The van der Waals surface area contributed by atoms with Gasteiger partial charge >= 0.3 is 0 Å². The summed E-state index contributed by atoms with van der Waals surface area (Å²) in [5, 5.41) is 23.7. The number of non-ortho nitro benzene ring substituents is 1. The number of nitro groups is 1. The number of nitrogens with one attached hydrogen (secondary N) is 1. The van der Waals surface area contributed by atoms with Crippen LogP contribution in [-0.4, -0.2) is 32.5 Å². The summed E-state index contributed by atoms with van der Waals surface area (Å²) in [7, 11) is 0. The Morgan fingerprint density at radius 1 is 1.36 bits per heavy atom. The van der Waals surface area contributed by atoms with Crippen molar-refractivity contribution in [2.45, 2.75) is 44.9 Å². The van der Waals surface area contributed by atoms with Crippen LogP contribution in [0.5, 0.6) is 0 Å². The zero-order valence-corrected chi connectivity index (χ0v) is 15.8. The summed E-state index contributed by atoms with van der Waals surface area (Å²) >= 11 is 1.62. The van der Waals surface area contributed by atoms with E-state index in [0.29, 0.717) is 12.5 Å². The SMILES string of the molecule is CSc1nnc(CCCNCc2cccc([N+](=O)[O-])c2)n1CC(C)C. The second kappa shape index (κ2) is 9.53. The van der Waals surface area contributed by atoms with Crippen LogP contribution >= 0.6 is 11.8 Å². The summed E-state index contributed by atoms with van der Waals surface area (Å²) in [5.74, 6) is 1.57. The van der Waals surface area contributed by atoms with Crippen LogP contribution in [0.25, 0.3) is 0 Å². The van der Waals surface area contributed by atoms with Crippen molar-refractivity contribution < 1.29 is 4.92 Å². The summed E-state index contributed by atoms with van der Waals surface area (Å²) in [6.45, 7) is 6.75. The number of aromatic nitrogens is 3. The predicted molar refractivity (Wildman–Crippen MR) is 99.8 cm³/mol. The molecule has 0 aliphatic carbocycles. The van der Waals surface area contributed by atoms with E-state index < -0.39 is 0 Å². The molecule has 0 amide bonds. The highest BCUT2D eigenvalue weighted by molar-refractivity contribution is 7.98. The van der Waals surface area contributed by atoms with Gasteiger partial charge in [-0.1, -0.05) is 37.7 Å². The Balaban J connectivity index is 1.81. The molecule has 25 heavy (non-hydrogen) atoms. The predicted octanol–water partition coefficient (Wildman–Crippen LogP) is 3.29. The highest BCUT2D eigenvalue weighted by atomic mass is 32.2. The summed E-state index contributed by atoms with van der Waals surface area (Å²) in [6, 6.07) is 6.73. The van der Waals surface area contributed by atoms with E-state index in [9.17, 15) is 10.1 Å². The molecule has 1 heterocycles. The number of benzene rings is 1. The minimum Gasteiger partial charge on any atom is -0.313 e. The van der Waals surface area contributed by atoms with Gasteiger partial charge in [0.1, 0.15) is 5.82 Å². The van der Waals surface area contributed by atoms with Gasteiger partial charge in [-0.3, -0.25) is 10.1 Å². The molecule has 2 aromatic rings. The van der Waals surface area contributed by atoms with Crippen LogP contribution < -0.4 is 5.32 Å². The Kier molecular flexibility index (Phi) is 7.39. The number of hydrogen-bond donors (Lipinski definition) is 1. The molecule has 0 radical (unpaired) electrons. The van der Waals surface area contributed by atoms with Crippen LogP contribution in [0.3, 0.4) is 0 Å². The van der Waals surface area contributed by atoms with E-state index in [1.807, 2.05) is 12.3 Å². The van der Waals surface area contributed by atoms with Gasteiger partial charge in [0.05, 0.1) is 4.92 Å². The van der Waals surface area contributed by atoms with Crippen molar-refractivity contribution >= 4 is 17.4 Å². The summed E-state index contributed by atoms with van der Waals surface area (Å²) in [6.07, 6.45) is 3.83. The first-order valence-corrected chi connectivity index (χ1v) is 9.64. The Bertz CT molecular complexity index is 702. The molecule has 2 rings (SSSR count). The molecule has 7 nitrogen and oxygen atoms in total. The Hall–Kier alpha value is -1.93. The first-order valence-electron chi connectivity index (χ1n) is 8.41. The molecule has 0 saturated heterocycles. The van der Waals surface area contributed by atoms with Crippen molar-refractivity contribution in [3.8, 4) is 0 Å². The van der Waals surface area contributed by atoms with Crippen molar-refractivity contribution in [3.63, 3.8) is 0 Å². The first kappa shape index (κ1) is 19.4. The van der Waals surface area contributed by atoms with Crippen LogP contribution in [0.4, 0.5) is 5.69 Å². The maximum absolute atomic E-state index is 10.8. The van der Waals surface area contributed by atoms with Gasteiger partial charge in [-0.25, -0.2) is 0 Å². The number of rotatable bonds is 10. The number of nitrogens with zero attached hydrogens (tertiary/aromatic N) is 4. The zero-order chi connectivity index (χ0) is 18.2. The van der Waals surface area contributed by atoms with E-state index in [1.54, 1.807) is 23.9 Å². The third-order valence-corrected chi connectivity index (χ3v) is 4.40. The van der Waals surface area contributed by atoms with E-state index in [4.69, 9.17) is 0 Å². The van der Waals surface area contributed by atoms with Crippen molar-refractivity contribution in [1.82, 2.24) is 20.1 Å². The maximum Gasteiger partial charge on any atom is 0.269 e. The van der Waals surface area contributed by atoms with E-state index in [2.05, 4.69) is 33.9 Å². The lowest BCUT2D eigenvalue weighted by molar-refractivity contribution is -0.384. The highest BCUT2D eigenvalue weighted by Gasteiger charge is 2.12. The quantitative estimate of drug-likeness (QED) is 0.302. The van der Waals surface area contributed by atoms with Gasteiger partial charge in [0, 0.05) is 31.6 Å². The van der Waals surface area contributed by atoms with Crippen LogP contribution in [-0.2, 0) is 19.5 Å². The summed E-state index contributed by atoms with van der Waals surface area (Å²) in [4.78, 5) is 10.4. The van der Waals surface area contributed by atoms with Crippen molar-refractivity contribution in [2.75, 3.05) is 12.8 Å². The Labute approximate surface area is 152 Å². The molecule has 0 atom stereocenters. The second-order valence-electron chi connectivity index (χ2n) is 6.31. The molecule has 0 bridgehead atoms. The molecule has 0 aliphatic rings. The van der Waals surface area contributed by atoms with Gasteiger partial charge < -0.3 is 9.88 Å². The van der Waals surface area contributed by atoms with Crippen LogP contribution in [0.1, 0.15) is 31.7 Å². The third kappa shape index (κ3) is 5.82. The average molecular weight is 363 g/mol. The number of nitro benzene ring substituents is 1. The van der Waals surface area contributed by atoms with Crippen LogP contribution in [0.15, 0.2) is 29.4 Å². The molecule has 1 N–H and O–H groups in total. The van der Waals surface area contributed by atoms with Gasteiger partial charge in [0.15, 0.2) is 5.16 Å². The summed E-state index contributed by atoms with van der Waals surface area (Å²) < 4.78 is 2.20. The van der Waals surface area contributed by atoms with E-state index in [0.717, 1.165) is 42.5 Å². The molecule has 0 spiro atoms. The van der Waals surface area contributed by atoms with E-state index in [1.165, 1.54) is 6.07 Å². The molecule has 136 valence electrons. The average Bonchev–Trinajstić information content (AvgIpc) is 2.96. The van der Waals surface area contributed by atoms with Crippen molar-refractivity contribution in [2.24, 2.45) is 5.92 Å².